The number of hydrogen-bond donors (Lipinski definition) is 0. The molecule has 2 heterocycles. The van der Waals surface area contributed by atoms with Gasteiger partial charge in [-0.15, -0.1) is 16.8 Å². The zero-order chi connectivity index (χ0) is 16.2. The first-order valence-electron chi connectivity index (χ1n) is 6.83. The highest BCUT2D eigenvalue weighted by molar-refractivity contribution is 7.98. The van der Waals surface area contributed by atoms with Crippen molar-refractivity contribution in [1.29, 1.82) is 0 Å². The fraction of sp³-hybridized carbons (Fsp3) is 0.125. The van der Waals surface area contributed by atoms with Gasteiger partial charge in [0.1, 0.15) is 5.82 Å². The van der Waals surface area contributed by atoms with Crippen LogP contribution in [0.15, 0.2) is 58.8 Å². The summed E-state index contributed by atoms with van der Waals surface area (Å²) in [6.07, 6.45) is 3.36. The molecule has 0 spiro atoms. The summed E-state index contributed by atoms with van der Waals surface area (Å²) in [5.41, 5.74) is 0.839. The Morgan fingerprint density at radius 1 is 1.35 bits per heavy atom. The molecule has 2 aromatic heterocycles. The first kappa shape index (κ1) is 15.8. The van der Waals surface area contributed by atoms with Gasteiger partial charge in [-0.3, -0.25) is 4.57 Å². The molecule has 0 unspecified atom stereocenters. The molecule has 0 saturated carbocycles. The molecule has 118 valence electrons. The molecule has 0 atom stereocenters. The second kappa shape index (κ2) is 7.02. The van der Waals surface area contributed by atoms with Crippen LogP contribution >= 0.6 is 23.4 Å². The van der Waals surface area contributed by atoms with E-state index in [0.717, 1.165) is 10.7 Å². The lowest BCUT2D eigenvalue weighted by molar-refractivity contribution is 0.569. The van der Waals surface area contributed by atoms with E-state index in [1.165, 1.54) is 23.9 Å². The average molecular weight is 350 g/mol. The zero-order valence-electron chi connectivity index (χ0n) is 12.1. The summed E-state index contributed by atoms with van der Waals surface area (Å²) >= 11 is 7.53. The Morgan fingerprint density at radius 2 is 2.22 bits per heavy atom. The molecule has 0 N–H and O–H groups in total. The lowest BCUT2D eigenvalue weighted by Gasteiger charge is -2.07. The van der Waals surface area contributed by atoms with Crippen molar-refractivity contribution in [3.63, 3.8) is 0 Å². The first-order chi connectivity index (χ1) is 11.2. The lowest BCUT2D eigenvalue weighted by atomic mass is 10.2. The Balaban J connectivity index is 1.84. The summed E-state index contributed by atoms with van der Waals surface area (Å²) in [6.45, 7) is 4.32. The molecular weight excluding hydrogens is 337 g/mol. The number of aromatic nitrogens is 3. The van der Waals surface area contributed by atoms with Crippen LogP contribution in [0.3, 0.4) is 0 Å². The Labute approximate surface area is 142 Å². The highest BCUT2D eigenvalue weighted by atomic mass is 35.5. The molecule has 4 nitrogen and oxygen atoms in total. The summed E-state index contributed by atoms with van der Waals surface area (Å²) in [7, 11) is 0. The van der Waals surface area contributed by atoms with E-state index in [2.05, 4.69) is 16.8 Å². The Kier molecular flexibility index (Phi) is 4.83. The van der Waals surface area contributed by atoms with E-state index in [1.807, 2.05) is 10.6 Å². The second-order valence-corrected chi connectivity index (χ2v) is 6.06. The molecular formula is C16H13ClFN3OS. The van der Waals surface area contributed by atoms with Crippen molar-refractivity contribution in [3.8, 4) is 11.6 Å². The molecule has 0 aliphatic rings. The molecule has 0 aliphatic carbocycles. The molecule has 0 amide bonds. The van der Waals surface area contributed by atoms with Crippen LogP contribution in [0.2, 0.25) is 5.02 Å². The fourth-order valence-corrected chi connectivity index (χ4v) is 3.32. The van der Waals surface area contributed by atoms with Crippen molar-refractivity contribution in [2.24, 2.45) is 0 Å². The van der Waals surface area contributed by atoms with Gasteiger partial charge in [0.25, 0.3) is 0 Å². The number of nitrogens with zero attached hydrogens (tertiary/aromatic N) is 3. The van der Waals surface area contributed by atoms with Gasteiger partial charge in [0, 0.05) is 17.3 Å². The molecule has 0 fully saturated rings. The van der Waals surface area contributed by atoms with Crippen LogP contribution in [-0.2, 0) is 12.3 Å². The predicted molar refractivity (Wildman–Crippen MR) is 88.9 cm³/mol. The van der Waals surface area contributed by atoms with Crippen LogP contribution in [0, 0.1) is 5.82 Å². The molecule has 0 radical (unpaired) electrons. The summed E-state index contributed by atoms with van der Waals surface area (Å²) < 4.78 is 20.4. The molecule has 0 aliphatic heterocycles. The van der Waals surface area contributed by atoms with Gasteiger partial charge < -0.3 is 4.42 Å². The van der Waals surface area contributed by atoms with E-state index in [-0.39, 0.29) is 5.82 Å². The summed E-state index contributed by atoms with van der Waals surface area (Å²) in [4.78, 5) is 0. The third kappa shape index (κ3) is 3.48. The molecule has 3 rings (SSSR count). The summed E-state index contributed by atoms with van der Waals surface area (Å²) in [5.74, 6) is 1.50. The Bertz CT molecular complexity index is 817. The van der Waals surface area contributed by atoms with E-state index in [4.69, 9.17) is 16.0 Å². The number of hydrogen-bond acceptors (Lipinski definition) is 4. The highest BCUT2D eigenvalue weighted by Gasteiger charge is 2.16. The third-order valence-electron chi connectivity index (χ3n) is 3.14. The second-order valence-electron chi connectivity index (χ2n) is 4.71. The topological polar surface area (TPSA) is 43.9 Å². The van der Waals surface area contributed by atoms with Crippen molar-refractivity contribution in [2.75, 3.05) is 0 Å². The van der Waals surface area contributed by atoms with Gasteiger partial charge in [0.05, 0.1) is 6.26 Å². The fourth-order valence-electron chi connectivity index (χ4n) is 2.06. The largest absolute Gasteiger partial charge is 0.461 e. The Hall–Kier alpha value is -2.05. The van der Waals surface area contributed by atoms with E-state index in [9.17, 15) is 4.39 Å². The third-order valence-corrected chi connectivity index (χ3v) is 4.51. The molecule has 7 heteroatoms. The molecule has 23 heavy (non-hydrogen) atoms. The van der Waals surface area contributed by atoms with Gasteiger partial charge in [-0.05, 0) is 29.8 Å². The predicted octanol–water partition coefficient (Wildman–Crippen LogP) is 4.81. The lowest BCUT2D eigenvalue weighted by Crippen LogP contribution is -2.00. The minimum Gasteiger partial charge on any atom is -0.461 e. The van der Waals surface area contributed by atoms with Crippen LogP contribution < -0.4 is 0 Å². The summed E-state index contributed by atoms with van der Waals surface area (Å²) in [5, 5.41) is 9.51. The number of furan rings is 1. The van der Waals surface area contributed by atoms with Crippen LogP contribution in [0.25, 0.3) is 11.6 Å². The molecule has 3 aromatic rings. The maximum atomic E-state index is 13.1. The zero-order valence-corrected chi connectivity index (χ0v) is 13.6. The van der Waals surface area contributed by atoms with Crippen molar-refractivity contribution in [3.05, 3.63) is 65.7 Å². The number of benzene rings is 1. The number of thioether (sulfide) groups is 1. The van der Waals surface area contributed by atoms with Gasteiger partial charge in [0.15, 0.2) is 10.9 Å². The normalized spacial score (nSPS) is 10.9. The maximum Gasteiger partial charge on any atom is 0.200 e. The van der Waals surface area contributed by atoms with E-state index in [1.54, 1.807) is 24.5 Å². The maximum absolute atomic E-state index is 13.1. The SMILES string of the molecule is C=CCn1c(SCc2ccc(F)cc2Cl)nnc1-c1ccco1. The van der Waals surface area contributed by atoms with Gasteiger partial charge >= 0.3 is 0 Å². The van der Waals surface area contributed by atoms with Gasteiger partial charge in [-0.25, -0.2) is 4.39 Å². The van der Waals surface area contributed by atoms with Crippen molar-refractivity contribution >= 4 is 23.4 Å². The van der Waals surface area contributed by atoms with Gasteiger partial charge in [0.2, 0.25) is 5.82 Å². The van der Waals surface area contributed by atoms with E-state index < -0.39 is 0 Å². The van der Waals surface area contributed by atoms with Crippen LogP contribution in [0.5, 0.6) is 0 Å². The minimum absolute atomic E-state index is 0.348. The number of halogens is 2. The van der Waals surface area contributed by atoms with Crippen molar-refractivity contribution in [1.82, 2.24) is 14.8 Å². The number of allylic oxidation sites excluding steroid dienone is 1. The monoisotopic (exact) mass is 349 g/mol. The smallest absolute Gasteiger partial charge is 0.200 e. The van der Waals surface area contributed by atoms with Crippen molar-refractivity contribution in [2.45, 2.75) is 17.5 Å². The quantitative estimate of drug-likeness (QED) is 0.473. The van der Waals surface area contributed by atoms with Crippen molar-refractivity contribution < 1.29 is 8.81 Å². The van der Waals surface area contributed by atoms with Crippen LogP contribution in [0.4, 0.5) is 4.39 Å². The Morgan fingerprint density at radius 3 is 2.91 bits per heavy atom. The standard InChI is InChI=1S/C16H13ClFN3OS/c1-2-7-21-15(14-4-3-8-22-14)19-20-16(21)23-10-11-5-6-12(18)9-13(11)17/h2-6,8-9H,1,7,10H2. The summed E-state index contributed by atoms with van der Waals surface area (Å²) in [6, 6.07) is 8.00. The van der Waals surface area contributed by atoms with E-state index >= 15 is 0 Å². The number of rotatable bonds is 6. The van der Waals surface area contributed by atoms with E-state index in [0.29, 0.717) is 28.9 Å². The molecule has 0 bridgehead atoms. The molecule has 0 saturated heterocycles. The highest BCUT2D eigenvalue weighted by Crippen LogP contribution is 2.29. The van der Waals surface area contributed by atoms with Gasteiger partial charge in [-0.1, -0.05) is 35.5 Å². The average Bonchev–Trinajstić information content (AvgIpc) is 3.16. The molecule has 1 aromatic carbocycles. The minimum atomic E-state index is -0.348. The van der Waals surface area contributed by atoms with Crippen LogP contribution in [0.1, 0.15) is 5.56 Å². The van der Waals surface area contributed by atoms with Gasteiger partial charge in [-0.2, -0.15) is 0 Å². The van der Waals surface area contributed by atoms with Crippen LogP contribution in [-0.4, -0.2) is 14.8 Å². The first-order valence-corrected chi connectivity index (χ1v) is 8.20.